The summed E-state index contributed by atoms with van der Waals surface area (Å²) in [5.41, 5.74) is 7.70. The first-order valence-electron chi connectivity index (χ1n) is 4.18. The Labute approximate surface area is 104 Å². The van der Waals surface area contributed by atoms with Crippen molar-refractivity contribution < 1.29 is 0 Å². The van der Waals surface area contributed by atoms with Gasteiger partial charge in [-0.15, -0.1) is 0 Å². The van der Waals surface area contributed by atoms with Gasteiger partial charge in [0.25, 0.3) is 0 Å². The minimum Gasteiger partial charge on any atom is -0.399 e. The number of nitrogen functional groups attached to an aromatic ring is 1. The van der Waals surface area contributed by atoms with Crippen LogP contribution in [0.2, 0.25) is 0 Å². The molecule has 0 aliphatic heterocycles. The van der Waals surface area contributed by atoms with E-state index in [1.165, 1.54) is 17.1 Å². The topological polar surface area (TPSA) is 51.8 Å². The van der Waals surface area contributed by atoms with E-state index >= 15 is 0 Å². The summed E-state index contributed by atoms with van der Waals surface area (Å²) in [5.74, 6) is 0.860. The van der Waals surface area contributed by atoms with Crippen LogP contribution in [0.5, 0.6) is 0 Å². The molecular weight excluding hydrogens is 294 g/mol. The lowest BCUT2D eigenvalue weighted by atomic mass is 10.2. The molecule has 1 aromatic carbocycles. The highest BCUT2D eigenvalue weighted by Gasteiger charge is 2.01. The van der Waals surface area contributed by atoms with Crippen LogP contribution in [0.1, 0.15) is 5.56 Å². The zero-order chi connectivity index (χ0) is 10.7. The summed E-state index contributed by atoms with van der Waals surface area (Å²) in [4.78, 5) is 4.10. The molecule has 15 heavy (non-hydrogen) atoms. The summed E-state index contributed by atoms with van der Waals surface area (Å²) in [5, 5.41) is 0. The first-order valence-corrected chi connectivity index (χ1v) is 6.73. The van der Waals surface area contributed by atoms with Crippen LogP contribution in [0.3, 0.4) is 0 Å². The van der Waals surface area contributed by atoms with Gasteiger partial charge < -0.3 is 5.73 Å². The van der Waals surface area contributed by atoms with E-state index in [0.29, 0.717) is 0 Å². The van der Waals surface area contributed by atoms with Crippen LogP contribution in [0.15, 0.2) is 33.3 Å². The molecule has 0 radical (unpaired) electrons. The van der Waals surface area contributed by atoms with E-state index in [1.54, 1.807) is 18.1 Å². The predicted molar refractivity (Wildman–Crippen MR) is 68.0 cm³/mol. The average molecular weight is 302 g/mol. The Balaban J connectivity index is 2.05. The molecule has 2 aromatic rings. The van der Waals surface area contributed by atoms with Crippen molar-refractivity contribution >= 4 is 44.9 Å². The monoisotopic (exact) mass is 301 g/mol. The number of benzene rings is 1. The van der Waals surface area contributed by atoms with Gasteiger partial charge >= 0.3 is 0 Å². The number of hydrogen-bond donors (Lipinski definition) is 1. The third-order valence-corrected chi connectivity index (χ3v) is 4.01. The summed E-state index contributed by atoms with van der Waals surface area (Å²) in [6.07, 6.45) is 1.57. The van der Waals surface area contributed by atoms with Crippen LogP contribution in [0.4, 0.5) is 5.69 Å². The SMILES string of the molecule is Nc1cc(Br)cc(CSc2ncns2)c1. The van der Waals surface area contributed by atoms with E-state index in [-0.39, 0.29) is 0 Å². The zero-order valence-corrected chi connectivity index (χ0v) is 10.9. The molecule has 0 bridgehead atoms. The molecule has 78 valence electrons. The molecule has 0 saturated carbocycles. The van der Waals surface area contributed by atoms with Crippen LogP contribution in [-0.4, -0.2) is 9.36 Å². The highest BCUT2D eigenvalue weighted by Crippen LogP contribution is 2.26. The van der Waals surface area contributed by atoms with Gasteiger partial charge in [-0.05, 0) is 35.3 Å². The van der Waals surface area contributed by atoms with Gasteiger partial charge in [-0.2, -0.15) is 4.37 Å². The molecular formula is C9H8BrN3S2. The molecule has 0 aliphatic rings. The summed E-state index contributed by atoms with van der Waals surface area (Å²) in [6, 6.07) is 5.92. The van der Waals surface area contributed by atoms with Crippen molar-refractivity contribution in [2.45, 2.75) is 10.1 Å². The second kappa shape index (κ2) is 4.96. The van der Waals surface area contributed by atoms with Crippen molar-refractivity contribution in [2.24, 2.45) is 0 Å². The maximum absolute atomic E-state index is 5.74. The fraction of sp³-hybridized carbons (Fsp3) is 0.111. The van der Waals surface area contributed by atoms with Crippen LogP contribution >= 0.6 is 39.2 Å². The summed E-state index contributed by atoms with van der Waals surface area (Å²) < 4.78 is 5.94. The molecule has 1 aromatic heterocycles. The first kappa shape index (κ1) is 10.9. The molecule has 3 nitrogen and oxygen atoms in total. The Hall–Kier alpha value is -0.590. The van der Waals surface area contributed by atoms with Gasteiger partial charge in [-0.25, -0.2) is 4.98 Å². The Kier molecular flexibility index (Phi) is 3.61. The van der Waals surface area contributed by atoms with E-state index in [0.717, 1.165) is 20.3 Å². The highest BCUT2D eigenvalue weighted by molar-refractivity contribution is 9.10. The first-order chi connectivity index (χ1) is 7.24. The molecule has 2 N–H and O–H groups in total. The van der Waals surface area contributed by atoms with Gasteiger partial charge in [0.1, 0.15) is 6.33 Å². The maximum atomic E-state index is 5.74. The number of anilines is 1. The van der Waals surface area contributed by atoms with Crippen molar-refractivity contribution in [3.05, 3.63) is 34.6 Å². The Morgan fingerprint density at radius 3 is 2.93 bits per heavy atom. The molecule has 0 aliphatic carbocycles. The smallest absolute Gasteiger partial charge is 0.170 e. The number of aromatic nitrogens is 2. The van der Waals surface area contributed by atoms with Crippen LogP contribution in [0.25, 0.3) is 0 Å². The second-order valence-corrected chi connectivity index (χ2v) is 5.81. The third-order valence-electron chi connectivity index (χ3n) is 1.68. The zero-order valence-electron chi connectivity index (χ0n) is 7.68. The van der Waals surface area contributed by atoms with Crippen LogP contribution < -0.4 is 5.73 Å². The number of hydrogen-bond acceptors (Lipinski definition) is 5. The lowest BCUT2D eigenvalue weighted by Crippen LogP contribution is -1.88. The third kappa shape index (κ3) is 3.19. The number of nitrogens with two attached hydrogens (primary N) is 1. The van der Waals surface area contributed by atoms with Crippen molar-refractivity contribution in [1.29, 1.82) is 0 Å². The van der Waals surface area contributed by atoms with Crippen molar-refractivity contribution in [2.75, 3.05) is 5.73 Å². The van der Waals surface area contributed by atoms with E-state index < -0.39 is 0 Å². The molecule has 0 fully saturated rings. The predicted octanol–water partition coefficient (Wildman–Crippen LogP) is 3.18. The highest BCUT2D eigenvalue weighted by atomic mass is 79.9. The maximum Gasteiger partial charge on any atom is 0.170 e. The quantitative estimate of drug-likeness (QED) is 0.699. The summed E-state index contributed by atoms with van der Waals surface area (Å²) in [6.45, 7) is 0. The molecule has 0 spiro atoms. The van der Waals surface area contributed by atoms with E-state index in [4.69, 9.17) is 5.73 Å². The van der Waals surface area contributed by atoms with Gasteiger partial charge in [-0.1, -0.05) is 27.7 Å². The van der Waals surface area contributed by atoms with Gasteiger partial charge in [0.15, 0.2) is 4.34 Å². The average Bonchev–Trinajstić information content (AvgIpc) is 2.65. The number of rotatable bonds is 3. The van der Waals surface area contributed by atoms with E-state index in [1.807, 2.05) is 12.1 Å². The lowest BCUT2D eigenvalue weighted by molar-refractivity contribution is 1.21. The normalized spacial score (nSPS) is 10.5. The van der Waals surface area contributed by atoms with Crippen LogP contribution in [-0.2, 0) is 5.75 Å². The van der Waals surface area contributed by atoms with Crippen molar-refractivity contribution in [3.63, 3.8) is 0 Å². The second-order valence-electron chi connectivity index (χ2n) is 2.89. The van der Waals surface area contributed by atoms with Crippen molar-refractivity contribution in [3.8, 4) is 0 Å². The minimum absolute atomic E-state index is 0.775. The Morgan fingerprint density at radius 1 is 1.40 bits per heavy atom. The number of nitrogens with zero attached hydrogens (tertiary/aromatic N) is 2. The largest absolute Gasteiger partial charge is 0.399 e. The number of thioether (sulfide) groups is 1. The lowest BCUT2D eigenvalue weighted by Gasteiger charge is -2.02. The molecule has 0 amide bonds. The molecule has 0 saturated heterocycles. The standard InChI is InChI=1S/C9H8BrN3S2/c10-7-1-6(2-8(11)3-7)4-14-9-12-5-13-15-9/h1-3,5H,4,11H2. The molecule has 0 atom stereocenters. The van der Waals surface area contributed by atoms with Gasteiger partial charge in [-0.3, -0.25) is 0 Å². The summed E-state index contributed by atoms with van der Waals surface area (Å²) in [7, 11) is 0. The van der Waals surface area contributed by atoms with Gasteiger partial charge in [0.2, 0.25) is 0 Å². The molecule has 2 rings (SSSR count). The fourth-order valence-electron chi connectivity index (χ4n) is 1.13. The minimum atomic E-state index is 0.775. The van der Waals surface area contributed by atoms with E-state index in [2.05, 4.69) is 31.4 Å². The molecule has 1 heterocycles. The van der Waals surface area contributed by atoms with Crippen molar-refractivity contribution in [1.82, 2.24) is 9.36 Å². The van der Waals surface area contributed by atoms with Gasteiger partial charge in [0.05, 0.1) is 0 Å². The molecule has 6 heteroatoms. The Morgan fingerprint density at radius 2 is 2.27 bits per heavy atom. The van der Waals surface area contributed by atoms with Gasteiger partial charge in [0, 0.05) is 15.9 Å². The number of halogens is 1. The van der Waals surface area contributed by atoms with E-state index in [9.17, 15) is 0 Å². The van der Waals surface area contributed by atoms with Crippen LogP contribution in [0, 0.1) is 0 Å². The Bertz CT molecular complexity index is 424. The summed E-state index contributed by atoms with van der Waals surface area (Å²) >= 11 is 6.49. The fourth-order valence-corrected chi connectivity index (χ4v) is 3.06. The molecule has 0 unspecified atom stereocenters.